The molecule has 2 aliphatic heterocycles. The molecule has 0 amide bonds. The first-order valence-electron chi connectivity index (χ1n) is 31.7. The lowest BCUT2D eigenvalue weighted by molar-refractivity contribution is -0.158. The van der Waals surface area contributed by atoms with Gasteiger partial charge in [-0.25, -0.2) is 0 Å². The third-order valence-electron chi connectivity index (χ3n) is 13.6. The van der Waals surface area contributed by atoms with E-state index in [0.29, 0.717) is 111 Å². The van der Waals surface area contributed by atoms with Gasteiger partial charge in [0, 0.05) is 137 Å². The van der Waals surface area contributed by atoms with Crippen molar-refractivity contribution in [1.82, 2.24) is 44.1 Å². The average molecular weight is 1250 g/mol. The molecular formula is C65H117N9O14. The predicted molar refractivity (Wildman–Crippen MR) is 340 cm³/mol. The minimum Gasteiger partial charge on any atom is -0.459 e. The zero-order chi connectivity index (χ0) is 66.3. The normalized spacial score (nSPS) is 18.8. The summed E-state index contributed by atoms with van der Waals surface area (Å²) < 4.78 is 34.5. The number of ether oxygens (including phenoxy) is 6. The van der Waals surface area contributed by atoms with E-state index in [9.17, 15) is 39.0 Å². The number of carbonyl (C=O) groups excluding carboxylic acids is 6. The maximum atomic E-state index is 13.4. The van der Waals surface area contributed by atoms with E-state index in [0.717, 1.165) is 5.56 Å². The van der Waals surface area contributed by atoms with Crippen molar-refractivity contribution in [1.29, 1.82) is 0 Å². The predicted octanol–water partition coefficient (Wildman–Crippen LogP) is 3.70. The number of benzene rings is 1. The van der Waals surface area contributed by atoms with Gasteiger partial charge in [-0.2, -0.15) is 0 Å². The maximum absolute atomic E-state index is 13.4. The van der Waals surface area contributed by atoms with Crippen molar-refractivity contribution in [2.24, 2.45) is 0 Å². The Hall–Kier alpha value is -4.40. The highest BCUT2D eigenvalue weighted by atomic mass is 16.6. The fourth-order valence-corrected chi connectivity index (χ4v) is 10.2. The van der Waals surface area contributed by atoms with E-state index in [1.165, 1.54) is 0 Å². The summed E-state index contributed by atoms with van der Waals surface area (Å²) >= 11 is 0. The van der Waals surface area contributed by atoms with Gasteiger partial charge in [-0.3, -0.25) is 72.9 Å². The van der Waals surface area contributed by atoms with Crippen LogP contribution in [0.25, 0.3) is 0 Å². The van der Waals surface area contributed by atoms with Crippen LogP contribution in [0, 0.1) is 0 Å². The summed E-state index contributed by atoms with van der Waals surface area (Å²) in [4.78, 5) is 98.5. The van der Waals surface area contributed by atoms with E-state index in [4.69, 9.17) is 28.4 Å². The van der Waals surface area contributed by atoms with Gasteiger partial charge in [0.1, 0.15) is 33.6 Å². The van der Waals surface area contributed by atoms with Crippen molar-refractivity contribution in [3.63, 3.8) is 0 Å². The van der Waals surface area contributed by atoms with Crippen LogP contribution in [0.5, 0.6) is 0 Å². The third-order valence-corrected chi connectivity index (χ3v) is 13.6. The van der Waals surface area contributed by atoms with Gasteiger partial charge in [-0.1, -0.05) is 30.3 Å². The summed E-state index contributed by atoms with van der Waals surface area (Å²) in [5.41, 5.74) is -3.18. The lowest BCUT2D eigenvalue weighted by Gasteiger charge is -2.36. The number of carbonyl (C=O) groups is 6. The number of nitrogens with zero attached hydrogens (tertiary/aromatic N) is 9. The van der Waals surface area contributed by atoms with E-state index >= 15 is 0 Å². The van der Waals surface area contributed by atoms with Crippen LogP contribution < -0.4 is 0 Å². The first kappa shape index (κ1) is 77.8. The highest BCUT2D eigenvalue weighted by Crippen LogP contribution is 2.16. The molecule has 2 N–H and O–H groups in total. The molecule has 2 heterocycles. The summed E-state index contributed by atoms with van der Waals surface area (Å²) in [6, 6.07) is 9.88. The zero-order valence-corrected chi connectivity index (χ0v) is 57.5. The molecular weight excluding hydrogens is 1130 g/mol. The molecule has 2 atom stereocenters. The molecule has 0 spiro atoms. The summed E-state index contributed by atoms with van der Waals surface area (Å²) in [5.74, 6) is -2.27. The highest BCUT2D eigenvalue weighted by Gasteiger charge is 2.30. The van der Waals surface area contributed by atoms with Crippen molar-refractivity contribution >= 4 is 35.8 Å². The molecule has 0 bridgehead atoms. The second-order valence-corrected chi connectivity index (χ2v) is 29.8. The molecule has 1 aromatic rings. The number of aliphatic hydroxyl groups is 2. The molecule has 23 heteroatoms. The third kappa shape index (κ3) is 38.3. The summed E-state index contributed by atoms with van der Waals surface area (Å²) in [6.07, 6.45) is -1.82. The molecule has 23 nitrogen and oxygen atoms in total. The number of β-amino-alcohol motifs (C(OH)–C–C–N with tert-alkyl or cyclic N) is 2. The van der Waals surface area contributed by atoms with Gasteiger partial charge in [0.2, 0.25) is 0 Å². The van der Waals surface area contributed by atoms with Gasteiger partial charge in [0.25, 0.3) is 0 Å². The van der Waals surface area contributed by atoms with Crippen LogP contribution in [0.4, 0.5) is 0 Å². The molecule has 0 saturated carbocycles. The lowest BCUT2D eigenvalue weighted by atomic mass is 10.1. The van der Waals surface area contributed by atoms with Crippen LogP contribution in [0.1, 0.15) is 130 Å². The Morgan fingerprint density at radius 2 is 0.523 bits per heavy atom. The Morgan fingerprint density at radius 3 is 0.705 bits per heavy atom. The second kappa shape index (κ2) is 36.0. The molecule has 506 valence electrons. The molecule has 88 heavy (non-hydrogen) atoms. The van der Waals surface area contributed by atoms with Gasteiger partial charge in [-0.05, 0) is 130 Å². The maximum Gasteiger partial charge on any atom is 0.320 e. The first-order chi connectivity index (χ1) is 40.5. The molecule has 0 radical (unpaired) electrons. The second-order valence-electron chi connectivity index (χ2n) is 29.8. The minimum absolute atomic E-state index is 0.0104. The molecule has 3 rings (SSSR count). The number of rotatable bonds is 22. The van der Waals surface area contributed by atoms with Crippen molar-refractivity contribution in [2.45, 2.75) is 177 Å². The molecule has 1 aromatic carbocycles. The smallest absolute Gasteiger partial charge is 0.320 e. The summed E-state index contributed by atoms with van der Waals surface area (Å²) in [7, 11) is 0. The fraction of sp³-hybridized carbons (Fsp3) is 0.815. The van der Waals surface area contributed by atoms with Crippen molar-refractivity contribution in [2.75, 3.05) is 170 Å². The van der Waals surface area contributed by atoms with Crippen LogP contribution in [-0.4, -0.2) is 306 Å². The molecule has 2 aliphatic rings. The van der Waals surface area contributed by atoms with Crippen molar-refractivity contribution < 1.29 is 67.4 Å². The Kier molecular flexibility index (Phi) is 31.8. The van der Waals surface area contributed by atoms with E-state index in [2.05, 4.69) is 14.7 Å². The van der Waals surface area contributed by atoms with Crippen molar-refractivity contribution in [3.05, 3.63) is 35.9 Å². The van der Waals surface area contributed by atoms with E-state index in [1.807, 2.05) is 184 Å². The van der Waals surface area contributed by atoms with Gasteiger partial charge in [0.05, 0.1) is 51.5 Å². The number of hydrogen-bond donors (Lipinski definition) is 2. The Balaban J connectivity index is 1.97. The number of hydrogen-bond acceptors (Lipinski definition) is 23. The largest absolute Gasteiger partial charge is 0.459 e. The van der Waals surface area contributed by atoms with E-state index in [-0.39, 0.29) is 101 Å². The standard InChI is InChI=1S/C65H117N9O14/c1-60(2,3)83-54(77)45-68-28-24-66(25-29-69(46-55(78)84-61(4,5)6)33-37-72(36-32-68)49-58(81)87-64(13,14)15)41-52(75)43-74(40-51-22-20-19-21-23-51)44-53(76)42-67-26-30-70(47-56(79)85-62(7,8)9)34-38-73(50-59(82)88-65(16,17)18)39-35-71(31-27-67)48-57(80)86-63(10,11)12/h19-23,52-53,75-76H,24-50H2,1-18H3. The van der Waals surface area contributed by atoms with Gasteiger partial charge in [-0.15, -0.1) is 0 Å². The van der Waals surface area contributed by atoms with Crippen LogP contribution >= 0.6 is 0 Å². The lowest BCUT2D eigenvalue weighted by Crippen LogP contribution is -2.51. The van der Waals surface area contributed by atoms with Gasteiger partial charge in [0.15, 0.2) is 0 Å². The Morgan fingerprint density at radius 1 is 0.341 bits per heavy atom. The molecule has 2 fully saturated rings. The fourth-order valence-electron chi connectivity index (χ4n) is 10.2. The topological polar surface area (TPSA) is 227 Å². The number of esters is 6. The SMILES string of the molecule is CC(C)(C)OC(=O)CN1CCN(CC(=O)OC(C)(C)C)CCN(CC(O)CN(Cc2ccccc2)CC(O)CN2CCN(CC(=O)OC(C)(C)C)CCN(CC(=O)OC(C)(C)C)CCN(CC(=O)OC(C)(C)C)CC2)CCN(CC(=O)OC(C)(C)C)CC1. The van der Waals surface area contributed by atoms with E-state index < -0.39 is 45.8 Å². The van der Waals surface area contributed by atoms with Gasteiger partial charge < -0.3 is 38.6 Å². The van der Waals surface area contributed by atoms with E-state index in [1.54, 1.807) is 0 Å². The zero-order valence-electron chi connectivity index (χ0n) is 57.5. The highest BCUT2D eigenvalue weighted by molar-refractivity contribution is 5.74. The first-order valence-corrected chi connectivity index (χ1v) is 31.7. The average Bonchev–Trinajstić information content (AvgIpc) is 3.56. The quantitative estimate of drug-likeness (QED) is 0.125. The minimum atomic E-state index is -0.911. The van der Waals surface area contributed by atoms with Crippen LogP contribution in [0.2, 0.25) is 0 Å². The summed E-state index contributed by atoms with van der Waals surface area (Å²) in [5, 5.41) is 24.5. The Bertz CT molecular complexity index is 2040. The summed E-state index contributed by atoms with van der Waals surface area (Å²) in [6.45, 7) is 41.1. The molecule has 2 unspecified atom stereocenters. The monoisotopic (exact) mass is 1250 g/mol. The molecule has 0 aliphatic carbocycles. The Labute approximate surface area is 528 Å². The number of aliphatic hydroxyl groups excluding tert-OH is 2. The van der Waals surface area contributed by atoms with Gasteiger partial charge >= 0.3 is 35.8 Å². The van der Waals surface area contributed by atoms with Crippen LogP contribution in [0.3, 0.4) is 0 Å². The molecule has 2 saturated heterocycles. The molecule has 0 aromatic heterocycles. The van der Waals surface area contributed by atoms with Crippen LogP contribution in [0.15, 0.2) is 30.3 Å². The van der Waals surface area contributed by atoms with Crippen LogP contribution in [-0.2, 0) is 63.7 Å². The van der Waals surface area contributed by atoms with Crippen molar-refractivity contribution in [3.8, 4) is 0 Å².